The number of nitrogens with zero attached hydrogens (tertiary/aromatic N) is 1. The van der Waals surface area contributed by atoms with Crippen LogP contribution in [0.3, 0.4) is 0 Å². The Labute approximate surface area is 116 Å². The van der Waals surface area contributed by atoms with Crippen LogP contribution in [0.15, 0.2) is 42.6 Å². The van der Waals surface area contributed by atoms with Crippen LogP contribution in [0.5, 0.6) is 5.75 Å². The van der Waals surface area contributed by atoms with Crippen molar-refractivity contribution in [3.63, 3.8) is 0 Å². The first kappa shape index (κ1) is 13.4. The van der Waals surface area contributed by atoms with Crippen LogP contribution < -0.4 is 10.1 Å². The topological polar surface area (TPSA) is 51.2 Å². The van der Waals surface area contributed by atoms with Crippen LogP contribution in [0.2, 0.25) is 5.02 Å². The molecule has 1 aromatic carbocycles. The zero-order valence-electron chi connectivity index (χ0n) is 10.4. The summed E-state index contributed by atoms with van der Waals surface area (Å²) in [5, 5.41) is 3.22. The lowest BCUT2D eigenvalue weighted by Gasteiger charge is -2.09. The number of halogens is 1. The van der Waals surface area contributed by atoms with Gasteiger partial charge in [0.15, 0.2) is 0 Å². The van der Waals surface area contributed by atoms with Gasteiger partial charge in [0, 0.05) is 6.20 Å². The average molecular weight is 277 g/mol. The number of para-hydroxylation sites is 1. The van der Waals surface area contributed by atoms with Gasteiger partial charge in [-0.25, -0.2) is 4.98 Å². The maximum Gasteiger partial charge on any atom is 0.260 e. The molecule has 1 aromatic heterocycles. The molecule has 0 aliphatic carbocycles. The van der Waals surface area contributed by atoms with Crippen molar-refractivity contribution in [3.05, 3.63) is 53.2 Å². The number of hydrogen-bond acceptors (Lipinski definition) is 3. The van der Waals surface area contributed by atoms with E-state index in [0.717, 1.165) is 0 Å². The van der Waals surface area contributed by atoms with Crippen molar-refractivity contribution < 1.29 is 9.53 Å². The minimum atomic E-state index is -0.265. The van der Waals surface area contributed by atoms with E-state index in [1.807, 2.05) is 13.0 Å². The number of rotatable bonds is 4. The molecule has 0 saturated heterocycles. The van der Waals surface area contributed by atoms with Gasteiger partial charge < -0.3 is 10.1 Å². The number of ether oxygens (including phenoxy) is 1. The van der Waals surface area contributed by atoms with Crippen molar-refractivity contribution >= 4 is 23.3 Å². The molecule has 0 unspecified atom stereocenters. The summed E-state index contributed by atoms with van der Waals surface area (Å²) in [5.41, 5.74) is 0.473. The molecule has 1 heterocycles. The largest absolute Gasteiger partial charge is 0.493 e. The average Bonchev–Trinajstić information content (AvgIpc) is 2.42. The van der Waals surface area contributed by atoms with E-state index in [1.165, 1.54) is 6.20 Å². The molecule has 0 aliphatic rings. The molecular formula is C14H13ClN2O2. The molecule has 1 amide bonds. The van der Waals surface area contributed by atoms with Crippen LogP contribution in [0.4, 0.5) is 5.82 Å². The van der Waals surface area contributed by atoms with Gasteiger partial charge in [-0.05, 0) is 31.2 Å². The lowest BCUT2D eigenvalue weighted by Crippen LogP contribution is -2.14. The summed E-state index contributed by atoms with van der Waals surface area (Å²) in [5.74, 6) is 0.732. The Morgan fingerprint density at radius 2 is 2.11 bits per heavy atom. The van der Waals surface area contributed by atoms with E-state index in [-0.39, 0.29) is 5.91 Å². The zero-order valence-corrected chi connectivity index (χ0v) is 11.1. The fourth-order valence-electron chi connectivity index (χ4n) is 1.57. The fraction of sp³-hybridized carbons (Fsp3) is 0.143. The molecule has 19 heavy (non-hydrogen) atoms. The predicted molar refractivity (Wildman–Crippen MR) is 74.8 cm³/mol. The van der Waals surface area contributed by atoms with Gasteiger partial charge in [-0.1, -0.05) is 23.7 Å². The van der Waals surface area contributed by atoms with E-state index in [2.05, 4.69) is 10.3 Å². The van der Waals surface area contributed by atoms with Gasteiger partial charge in [-0.3, -0.25) is 4.79 Å². The van der Waals surface area contributed by atoms with Crippen LogP contribution in [-0.2, 0) is 0 Å². The van der Waals surface area contributed by atoms with Crippen molar-refractivity contribution in [1.29, 1.82) is 0 Å². The monoisotopic (exact) mass is 276 g/mol. The molecule has 2 aromatic rings. The van der Waals surface area contributed by atoms with Crippen LogP contribution in [0, 0.1) is 0 Å². The van der Waals surface area contributed by atoms with Gasteiger partial charge in [-0.2, -0.15) is 0 Å². The number of carbonyl (C=O) groups is 1. The third-order valence-electron chi connectivity index (χ3n) is 2.40. The van der Waals surface area contributed by atoms with Crippen molar-refractivity contribution in [1.82, 2.24) is 4.98 Å². The highest BCUT2D eigenvalue weighted by Crippen LogP contribution is 2.19. The lowest BCUT2D eigenvalue weighted by atomic mass is 10.2. The quantitative estimate of drug-likeness (QED) is 0.931. The predicted octanol–water partition coefficient (Wildman–Crippen LogP) is 3.39. The Bertz CT molecular complexity index is 570. The summed E-state index contributed by atoms with van der Waals surface area (Å²) in [6.07, 6.45) is 1.48. The summed E-state index contributed by atoms with van der Waals surface area (Å²) in [7, 11) is 0. The first-order chi connectivity index (χ1) is 9.20. The number of carbonyl (C=O) groups excluding carboxylic acids is 1. The van der Waals surface area contributed by atoms with Gasteiger partial charge in [-0.15, -0.1) is 0 Å². The normalized spacial score (nSPS) is 10.0. The Morgan fingerprint density at radius 3 is 2.79 bits per heavy atom. The second kappa shape index (κ2) is 6.20. The van der Waals surface area contributed by atoms with Crippen LogP contribution in [0.25, 0.3) is 0 Å². The second-order valence-electron chi connectivity index (χ2n) is 3.74. The number of benzene rings is 1. The molecule has 0 radical (unpaired) electrons. The maximum absolute atomic E-state index is 12.1. The minimum Gasteiger partial charge on any atom is -0.493 e. The molecule has 4 nitrogen and oxygen atoms in total. The molecule has 0 atom stereocenters. The Hall–Kier alpha value is -2.07. The van der Waals surface area contributed by atoms with Crippen LogP contribution in [-0.4, -0.2) is 17.5 Å². The highest BCUT2D eigenvalue weighted by Gasteiger charge is 2.12. The third-order valence-corrected chi connectivity index (χ3v) is 2.62. The van der Waals surface area contributed by atoms with Crippen molar-refractivity contribution in [3.8, 4) is 5.75 Å². The van der Waals surface area contributed by atoms with E-state index < -0.39 is 0 Å². The molecule has 0 fully saturated rings. The summed E-state index contributed by atoms with van der Waals surface area (Å²) in [4.78, 5) is 16.1. The number of nitrogens with one attached hydrogen (secondary N) is 1. The number of anilines is 1. The standard InChI is InChI=1S/C14H13ClN2O2/c1-2-19-12-6-4-3-5-11(12)14(18)17-13-8-7-10(15)9-16-13/h3-9H,2H2,1H3,(H,16,17,18). The Morgan fingerprint density at radius 1 is 1.32 bits per heavy atom. The van der Waals surface area contributed by atoms with Gasteiger partial charge in [0.1, 0.15) is 11.6 Å². The fourth-order valence-corrected chi connectivity index (χ4v) is 1.68. The second-order valence-corrected chi connectivity index (χ2v) is 4.18. The van der Waals surface area contributed by atoms with Gasteiger partial charge in [0.05, 0.1) is 17.2 Å². The maximum atomic E-state index is 12.1. The summed E-state index contributed by atoms with van der Waals surface area (Å²) >= 11 is 5.74. The smallest absolute Gasteiger partial charge is 0.260 e. The van der Waals surface area contributed by atoms with E-state index in [0.29, 0.717) is 28.8 Å². The molecule has 0 bridgehead atoms. The number of pyridine rings is 1. The summed E-state index contributed by atoms with van der Waals surface area (Å²) < 4.78 is 5.41. The number of aromatic nitrogens is 1. The number of hydrogen-bond donors (Lipinski definition) is 1. The van der Waals surface area contributed by atoms with E-state index in [9.17, 15) is 4.79 Å². The number of amides is 1. The van der Waals surface area contributed by atoms with Crippen molar-refractivity contribution in [2.24, 2.45) is 0 Å². The Kier molecular flexibility index (Phi) is 4.36. The summed E-state index contributed by atoms with van der Waals surface area (Å²) in [6.45, 7) is 2.37. The molecular weight excluding hydrogens is 264 g/mol. The van der Waals surface area contributed by atoms with Gasteiger partial charge >= 0.3 is 0 Å². The molecule has 1 N–H and O–H groups in total. The van der Waals surface area contributed by atoms with E-state index in [4.69, 9.17) is 16.3 Å². The van der Waals surface area contributed by atoms with Gasteiger partial charge in [0.25, 0.3) is 5.91 Å². The Balaban J connectivity index is 2.18. The summed E-state index contributed by atoms with van der Waals surface area (Å²) in [6, 6.07) is 10.4. The third kappa shape index (κ3) is 3.45. The van der Waals surface area contributed by atoms with Gasteiger partial charge in [0.2, 0.25) is 0 Å². The zero-order chi connectivity index (χ0) is 13.7. The molecule has 0 saturated carbocycles. The SMILES string of the molecule is CCOc1ccccc1C(=O)Nc1ccc(Cl)cn1. The molecule has 0 aliphatic heterocycles. The van der Waals surface area contributed by atoms with Crippen molar-refractivity contribution in [2.75, 3.05) is 11.9 Å². The minimum absolute atomic E-state index is 0.265. The molecule has 0 spiro atoms. The van der Waals surface area contributed by atoms with Crippen LogP contribution >= 0.6 is 11.6 Å². The lowest BCUT2D eigenvalue weighted by molar-refractivity contribution is 0.102. The molecule has 5 heteroatoms. The van der Waals surface area contributed by atoms with Crippen LogP contribution in [0.1, 0.15) is 17.3 Å². The highest BCUT2D eigenvalue weighted by atomic mass is 35.5. The van der Waals surface area contributed by atoms with E-state index >= 15 is 0 Å². The molecule has 98 valence electrons. The molecule has 2 rings (SSSR count). The first-order valence-electron chi connectivity index (χ1n) is 5.85. The highest BCUT2D eigenvalue weighted by molar-refractivity contribution is 6.30. The van der Waals surface area contributed by atoms with Crippen molar-refractivity contribution in [2.45, 2.75) is 6.92 Å². The van der Waals surface area contributed by atoms with E-state index in [1.54, 1.807) is 30.3 Å². The first-order valence-corrected chi connectivity index (χ1v) is 6.23.